The van der Waals surface area contributed by atoms with Crippen LogP contribution >= 0.6 is 0 Å². The third-order valence-corrected chi connectivity index (χ3v) is 3.77. The molecule has 0 aliphatic carbocycles. The predicted octanol–water partition coefficient (Wildman–Crippen LogP) is 2.98. The lowest BCUT2D eigenvalue weighted by Crippen LogP contribution is -2.29. The average Bonchev–Trinajstić information content (AvgIpc) is 2.83. The van der Waals surface area contributed by atoms with Gasteiger partial charge in [0.1, 0.15) is 11.6 Å². The zero-order valence-electron chi connectivity index (χ0n) is 12.4. The molecule has 1 aliphatic rings. The van der Waals surface area contributed by atoms with Crippen LogP contribution < -0.4 is 5.32 Å². The fourth-order valence-corrected chi connectivity index (χ4v) is 2.79. The molecule has 0 bridgehead atoms. The molecule has 1 N–H and O–H groups in total. The molecule has 1 unspecified atom stereocenters. The largest absolute Gasteiger partial charge is 0.370 e. The Morgan fingerprint density at radius 2 is 2.21 bits per heavy atom. The second kappa shape index (κ2) is 6.85. The van der Waals surface area contributed by atoms with Crippen molar-refractivity contribution in [1.82, 2.24) is 14.9 Å². The number of anilines is 1. The summed E-state index contributed by atoms with van der Waals surface area (Å²) in [6.45, 7) is 9.53. The molecule has 1 aromatic heterocycles. The maximum atomic E-state index is 4.64. The molecule has 1 saturated heterocycles. The number of aromatic nitrogens is 2. The first-order valence-corrected chi connectivity index (χ1v) is 7.55. The van der Waals surface area contributed by atoms with Crippen molar-refractivity contribution in [1.29, 1.82) is 0 Å². The van der Waals surface area contributed by atoms with E-state index >= 15 is 0 Å². The highest BCUT2D eigenvalue weighted by Gasteiger charge is 2.23. The normalized spacial score (nSPS) is 19.8. The van der Waals surface area contributed by atoms with Crippen molar-refractivity contribution < 1.29 is 0 Å². The van der Waals surface area contributed by atoms with Crippen LogP contribution in [-0.4, -0.2) is 34.0 Å². The van der Waals surface area contributed by atoms with E-state index in [-0.39, 0.29) is 0 Å². The van der Waals surface area contributed by atoms with Gasteiger partial charge in [0.25, 0.3) is 0 Å². The van der Waals surface area contributed by atoms with Crippen molar-refractivity contribution in [2.75, 3.05) is 18.4 Å². The smallest absolute Gasteiger partial charge is 0.144 e. The Morgan fingerprint density at radius 3 is 2.95 bits per heavy atom. The van der Waals surface area contributed by atoms with Crippen molar-refractivity contribution in [2.45, 2.75) is 59.0 Å². The molecule has 1 aromatic rings. The van der Waals surface area contributed by atoms with E-state index in [4.69, 9.17) is 0 Å². The molecule has 106 valence electrons. The topological polar surface area (TPSA) is 41.1 Å². The van der Waals surface area contributed by atoms with Crippen LogP contribution in [0.1, 0.15) is 51.0 Å². The van der Waals surface area contributed by atoms with Gasteiger partial charge in [-0.25, -0.2) is 9.97 Å². The molecule has 0 radical (unpaired) electrons. The van der Waals surface area contributed by atoms with E-state index in [1.165, 1.54) is 25.8 Å². The quantitative estimate of drug-likeness (QED) is 0.855. The predicted molar refractivity (Wildman–Crippen MR) is 79.3 cm³/mol. The molecule has 2 rings (SSSR count). The van der Waals surface area contributed by atoms with Crippen LogP contribution in [0.3, 0.4) is 0 Å². The zero-order chi connectivity index (χ0) is 13.7. The van der Waals surface area contributed by atoms with Crippen molar-refractivity contribution in [2.24, 2.45) is 0 Å². The summed E-state index contributed by atoms with van der Waals surface area (Å²) < 4.78 is 0. The Bertz CT molecular complexity index is 405. The number of hydrogen-bond acceptors (Lipinski definition) is 4. The van der Waals surface area contributed by atoms with Gasteiger partial charge in [-0.1, -0.05) is 13.8 Å². The summed E-state index contributed by atoms with van der Waals surface area (Å²) in [4.78, 5) is 11.7. The summed E-state index contributed by atoms with van der Waals surface area (Å²) >= 11 is 0. The molecule has 19 heavy (non-hydrogen) atoms. The van der Waals surface area contributed by atoms with E-state index in [0.29, 0.717) is 0 Å². The van der Waals surface area contributed by atoms with Gasteiger partial charge in [0.2, 0.25) is 0 Å². The van der Waals surface area contributed by atoms with Gasteiger partial charge in [-0.05, 0) is 39.2 Å². The lowest BCUT2D eigenvalue weighted by molar-refractivity contribution is 0.234. The average molecular weight is 262 g/mol. The first kappa shape index (κ1) is 14.3. The summed E-state index contributed by atoms with van der Waals surface area (Å²) in [6.07, 6.45) is 4.98. The Morgan fingerprint density at radius 1 is 1.37 bits per heavy atom. The fraction of sp³-hybridized carbons (Fsp3) is 0.733. The van der Waals surface area contributed by atoms with E-state index < -0.39 is 0 Å². The Kier molecular flexibility index (Phi) is 5.14. The van der Waals surface area contributed by atoms with E-state index in [9.17, 15) is 0 Å². The molecule has 0 saturated carbocycles. The molecule has 0 amide bonds. The SMILES string of the molecule is CCCNc1cc(C)nc(CN2CCCC2CC)n1. The molecular weight excluding hydrogens is 236 g/mol. The van der Waals surface area contributed by atoms with E-state index in [2.05, 4.69) is 34.0 Å². The third kappa shape index (κ3) is 3.90. The first-order chi connectivity index (χ1) is 9.22. The van der Waals surface area contributed by atoms with Gasteiger partial charge < -0.3 is 5.32 Å². The van der Waals surface area contributed by atoms with Crippen molar-refractivity contribution in [3.05, 3.63) is 17.6 Å². The minimum atomic E-state index is 0.719. The molecule has 1 aliphatic heterocycles. The maximum Gasteiger partial charge on any atom is 0.144 e. The number of nitrogens with zero attached hydrogens (tertiary/aromatic N) is 3. The molecular formula is C15H26N4. The molecule has 0 spiro atoms. The van der Waals surface area contributed by atoms with Crippen molar-refractivity contribution >= 4 is 5.82 Å². The summed E-state index contributed by atoms with van der Waals surface area (Å²) in [5.41, 5.74) is 1.05. The van der Waals surface area contributed by atoms with Gasteiger partial charge in [-0.15, -0.1) is 0 Å². The van der Waals surface area contributed by atoms with Crippen LogP contribution in [0.2, 0.25) is 0 Å². The highest BCUT2D eigenvalue weighted by atomic mass is 15.2. The number of hydrogen-bond donors (Lipinski definition) is 1. The van der Waals surface area contributed by atoms with Gasteiger partial charge in [-0.2, -0.15) is 0 Å². The van der Waals surface area contributed by atoms with E-state index in [1.54, 1.807) is 0 Å². The first-order valence-electron chi connectivity index (χ1n) is 7.55. The van der Waals surface area contributed by atoms with Crippen LogP contribution in [0.4, 0.5) is 5.82 Å². The van der Waals surface area contributed by atoms with Gasteiger partial charge in [-0.3, -0.25) is 4.90 Å². The standard InChI is InChI=1S/C15H26N4/c1-4-8-16-14-10-12(3)17-15(18-14)11-19-9-6-7-13(19)5-2/h10,13H,4-9,11H2,1-3H3,(H,16,17,18). The van der Waals surface area contributed by atoms with Crippen LogP contribution in [-0.2, 0) is 6.54 Å². The van der Waals surface area contributed by atoms with Gasteiger partial charge in [0.15, 0.2) is 0 Å². The second-order valence-electron chi connectivity index (χ2n) is 5.41. The second-order valence-corrected chi connectivity index (χ2v) is 5.41. The molecule has 2 heterocycles. The number of likely N-dealkylation sites (tertiary alicyclic amines) is 1. The van der Waals surface area contributed by atoms with Crippen molar-refractivity contribution in [3.8, 4) is 0 Å². The summed E-state index contributed by atoms with van der Waals surface area (Å²) in [7, 11) is 0. The molecule has 4 heteroatoms. The Balaban J connectivity index is 2.04. The van der Waals surface area contributed by atoms with Crippen LogP contribution in [0.25, 0.3) is 0 Å². The highest BCUT2D eigenvalue weighted by Crippen LogP contribution is 2.21. The zero-order valence-corrected chi connectivity index (χ0v) is 12.4. The van der Waals surface area contributed by atoms with Crippen LogP contribution in [0, 0.1) is 6.92 Å². The summed E-state index contributed by atoms with van der Waals surface area (Å²) in [5.74, 6) is 1.93. The van der Waals surface area contributed by atoms with E-state index in [0.717, 1.165) is 42.9 Å². The monoisotopic (exact) mass is 262 g/mol. The Labute approximate surface area is 116 Å². The van der Waals surface area contributed by atoms with Gasteiger partial charge in [0, 0.05) is 24.3 Å². The molecule has 1 atom stereocenters. The minimum Gasteiger partial charge on any atom is -0.370 e. The minimum absolute atomic E-state index is 0.719. The Hall–Kier alpha value is -1.16. The molecule has 0 aromatic carbocycles. The molecule has 1 fully saturated rings. The lowest BCUT2D eigenvalue weighted by atomic mass is 10.2. The summed E-state index contributed by atoms with van der Waals surface area (Å²) in [6, 6.07) is 2.75. The van der Waals surface area contributed by atoms with Crippen LogP contribution in [0.5, 0.6) is 0 Å². The van der Waals surface area contributed by atoms with Gasteiger partial charge >= 0.3 is 0 Å². The number of nitrogens with one attached hydrogen (secondary N) is 1. The maximum absolute atomic E-state index is 4.64. The number of aryl methyl sites for hydroxylation is 1. The van der Waals surface area contributed by atoms with E-state index in [1.807, 2.05) is 13.0 Å². The van der Waals surface area contributed by atoms with Gasteiger partial charge in [0.05, 0.1) is 6.54 Å². The van der Waals surface area contributed by atoms with Crippen LogP contribution in [0.15, 0.2) is 6.07 Å². The molecule has 4 nitrogen and oxygen atoms in total. The number of rotatable bonds is 6. The fourth-order valence-electron chi connectivity index (χ4n) is 2.79. The lowest BCUT2D eigenvalue weighted by Gasteiger charge is -2.22. The third-order valence-electron chi connectivity index (χ3n) is 3.77. The highest BCUT2D eigenvalue weighted by molar-refractivity contribution is 5.35. The summed E-state index contributed by atoms with van der Waals surface area (Å²) in [5, 5.41) is 3.36. The van der Waals surface area contributed by atoms with Crippen molar-refractivity contribution in [3.63, 3.8) is 0 Å².